The van der Waals surface area contributed by atoms with E-state index in [0.29, 0.717) is 6.04 Å². The molecule has 1 spiro atoms. The Hall–Kier alpha value is -1.26. The molecule has 0 bridgehead atoms. The van der Waals surface area contributed by atoms with Gasteiger partial charge in [0.15, 0.2) is 0 Å². The van der Waals surface area contributed by atoms with Gasteiger partial charge in [0.25, 0.3) is 0 Å². The van der Waals surface area contributed by atoms with Gasteiger partial charge in [0.2, 0.25) is 0 Å². The number of nitrogens with one attached hydrogen (secondary N) is 1. The van der Waals surface area contributed by atoms with Crippen molar-refractivity contribution in [3.05, 3.63) is 23.8 Å². The van der Waals surface area contributed by atoms with Crippen LogP contribution in [0.2, 0.25) is 0 Å². The van der Waals surface area contributed by atoms with Crippen LogP contribution < -0.4 is 14.8 Å². The molecule has 2 heterocycles. The van der Waals surface area contributed by atoms with Crippen LogP contribution in [0.15, 0.2) is 18.2 Å². The molecule has 1 aromatic carbocycles. The average Bonchev–Trinajstić information content (AvgIpc) is 2.78. The molecule has 4 heteroatoms. The monoisotopic (exact) mass is 262 g/mol. The first-order chi connectivity index (χ1) is 9.15. The Balaban J connectivity index is 1.95. The molecule has 0 amide bonds. The summed E-state index contributed by atoms with van der Waals surface area (Å²) in [6.45, 7) is 2.12. The molecule has 4 nitrogen and oxygen atoms in total. The maximum absolute atomic E-state index is 6.35. The fourth-order valence-corrected chi connectivity index (χ4v) is 3.33. The van der Waals surface area contributed by atoms with Crippen molar-refractivity contribution >= 4 is 0 Å². The van der Waals surface area contributed by atoms with Gasteiger partial charge < -0.3 is 19.7 Å². The summed E-state index contributed by atoms with van der Waals surface area (Å²) < 4.78 is 11.7. The highest BCUT2D eigenvalue weighted by molar-refractivity contribution is 5.44. The van der Waals surface area contributed by atoms with Crippen molar-refractivity contribution in [2.24, 2.45) is 0 Å². The summed E-state index contributed by atoms with van der Waals surface area (Å²) in [5, 5.41) is 3.42. The van der Waals surface area contributed by atoms with E-state index in [0.717, 1.165) is 37.4 Å². The second-order valence-corrected chi connectivity index (χ2v) is 5.72. The third-order valence-electron chi connectivity index (χ3n) is 4.35. The molecular weight excluding hydrogens is 240 g/mol. The molecule has 1 saturated heterocycles. The van der Waals surface area contributed by atoms with Crippen molar-refractivity contribution < 1.29 is 9.47 Å². The highest BCUT2D eigenvalue weighted by atomic mass is 16.5. The molecule has 1 N–H and O–H groups in total. The van der Waals surface area contributed by atoms with Crippen LogP contribution in [0, 0.1) is 0 Å². The summed E-state index contributed by atoms with van der Waals surface area (Å²) in [5.41, 5.74) is 1.19. The fraction of sp³-hybridized carbons (Fsp3) is 0.600. The lowest BCUT2D eigenvalue weighted by Crippen LogP contribution is -2.45. The average molecular weight is 262 g/mol. The Morgan fingerprint density at radius 1 is 1.47 bits per heavy atom. The van der Waals surface area contributed by atoms with E-state index in [1.165, 1.54) is 5.56 Å². The zero-order chi connectivity index (χ0) is 13.5. The van der Waals surface area contributed by atoms with Crippen LogP contribution in [-0.4, -0.2) is 44.8 Å². The zero-order valence-electron chi connectivity index (χ0n) is 11.9. The second-order valence-electron chi connectivity index (χ2n) is 5.72. The minimum atomic E-state index is -0.0238. The molecule has 0 radical (unpaired) electrons. The van der Waals surface area contributed by atoms with Crippen LogP contribution in [0.4, 0.5) is 0 Å². The minimum absolute atomic E-state index is 0.0238. The third-order valence-corrected chi connectivity index (χ3v) is 4.35. The highest BCUT2D eigenvalue weighted by Crippen LogP contribution is 2.44. The second kappa shape index (κ2) is 4.69. The lowest BCUT2D eigenvalue weighted by molar-refractivity contribution is 0.0418. The SMILES string of the molecule is CNC1CC2(CCN(C)C2)Oc2ccc(OC)cc21. The standard InChI is InChI=1S/C15H22N2O2/c1-16-13-9-15(6-7-17(2)10-15)19-14-5-4-11(18-3)8-12(13)14/h4-5,8,13,16H,6-7,9-10H2,1-3H3. The Kier molecular flexibility index (Phi) is 3.15. The van der Waals surface area contributed by atoms with Gasteiger partial charge in [-0.2, -0.15) is 0 Å². The Labute approximate surface area is 114 Å². The van der Waals surface area contributed by atoms with Crippen molar-refractivity contribution in [1.29, 1.82) is 0 Å². The number of hydrogen-bond acceptors (Lipinski definition) is 4. The number of hydrogen-bond donors (Lipinski definition) is 1. The van der Waals surface area contributed by atoms with Crippen molar-refractivity contribution in [2.75, 3.05) is 34.3 Å². The number of fused-ring (bicyclic) bond motifs is 1. The lowest BCUT2D eigenvalue weighted by Gasteiger charge is -2.40. The number of benzene rings is 1. The van der Waals surface area contributed by atoms with E-state index in [1.54, 1.807) is 7.11 Å². The topological polar surface area (TPSA) is 33.7 Å². The van der Waals surface area contributed by atoms with Crippen LogP contribution in [0.5, 0.6) is 11.5 Å². The van der Waals surface area contributed by atoms with Gasteiger partial charge in [-0.3, -0.25) is 0 Å². The first-order valence-corrected chi connectivity index (χ1v) is 6.88. The Morgan fingerprint density at radius 3 is 2.95 bits per heavy atom. The summed E-state index contributed by atoms with van der Waals surface area (Å²) in [5.74, 6) is 1.89. The first-order valence-electron chi connectivity index (χ1n) is 6.88. The van der Waals surface area contributed by atoms with E-state index >= 15 is 0 Å². The molecule has 0 saturated carbocycles. The molecule has 0 aliphatic carbocycles. The van der Waals surface area contributed by atoms with Gasteiger partial charge >= 0.3 is 0 Å². The molecule has 2 aliphatic heterocycles. The number of rotatable bonds is 2. The molecular formula is C15H22N2O2. The number of nitrogens with zero attached hydrogens (tertiary/aromatic N) is 1. The predicted octanol–water partition coefficient (Wildman–Crippen LogP) is 1.81. The van der Waals surface area contributed by atoms with Crippen LogP contribution in [0.3, 0.4) is 0 Å². The predicted molar refractivity (Wildman–Crippen MR) is 74.9 cm³/mol. The van der Waals surface area contributed by atoms with Crippen LogP contribution >= 0.6 is 0 Å². The van der Waals surface area contributed by atoms with Gasteiger partial charge in [0.05, 0.1) is 7.11 Å². The summed E-state index contributed by atoms with van der Waals surface area (Å²) >= 11 is 0. The van der Waals surface area contributed by atoms with Gasteiger partial charge in [-0.15, -0.1) is 0 Å². The van der Waals surface area contributed by atoms with Crippen molar-refractivity contribution in [3.63, 3.8) is 0 Å². The van der Waals surface area contributed by atoms with Crippen molar-refractivity contribution in [2.45, 2.75) is 24.5 Å². The van der Waals surface area contributed by atoms with E-state index < -0.39 is 0 Å². The Bertz CT molecular complexity index is 477. The highest BCUT2D eigenvalue weighted by Gasteiger charge is 2.44. The largest absolute Gasteiger partial charge is 0.497 e. The van der Waals surface area contributed by atoms with Gasteiger partial charge in [0.1, 0.15) is 17.1 Å². The summed E-state index contributed by atoms with van der Waals surface area (Å²) in [6.07, 6.45) is 2.13. The molecule has 2 aliphatic rings. The van der Waals surface area contributed by atoms with E-state index in [2.05, 4.69) is 23.3 Å². The number of likely N-dealkylation sites (tertiary alicyclic amines) is 1. The smallest absolute Gasteiger partial charge is 0.125 e. The van der Waals surface area contributed by atoms with E-state index in [9.17, 15) is 0 Å². The maximum Gasteiger partial charge on any atom is 0.125 e. The molecule has 104 valence electrons. The lowest BCUT2D eigenvalue weighted by atomic mass is 9.86. The molecule has 0 aromatic heterocycles. The van der Waals surface area contributed by atoms with Gasteiger partial charge in [-0.1, -0.05) is 0 Å². The van der Waals surface area contributed by atoms with Crippen LogP contribution in [-0.2, 0) is 0 Å². The Morgan fingerprint density at radius 2 is 2.32 bits per heavy atom. The fourth-order valence-electron chi connectivity index (χ4n) is 3.33. The molecule has 19 heavy (non-hydrogen) atoms. The van der Waals surface area contributed by atoms with Crippen LogP contribution in [0.1, 0.15) is 24.4 Å². The van der Waals surface area contributed by atoms with Gasteiger partial charge in [0, 0.05) is 37.5 Å². The zero-order valence-corrected chi connectivity index (χ0v) is 11.9. The summed E-state index contributed by atoms with van der Waals surface area (Å²) in [6, 6.07) is 6.44. The van der Waals surface area contributed by atoms with E-state index in [4.69, 9.17) is 9.47 Å². The van der Waals surface area contributed by atoms with Gasteiger partial charge in [-0.25, -0.2) is 0 Å². The first kappa shape index (κ1) is 12.8. The maximum atomic E-state index is 6.35. The van der Waals surface area contributed by atoms with E-state index in [-0.39, 0.29) is 5.60 Å². The summed E-state index contributed by atoms with van der Waals surface area (Å²) in [4.78, 5) is 2.35. The molecule has 2 unspecified atom stereocenters. The number of ether oxygens (including phenoxy) is 2. The van der Waals surface area contributed by atoms with Crippen molar-refractivity contribution in [3.8, 4) is 11.5 Å². The van der Waals surface area contributed by atoms with Crippen LogP contribution in [0.25, 0.3) is 0 Å². The number of methoxy groups -OCH3 is 1. The number of likely N-dealkylation sites (N-methyl/N-ethyl adjacent to an activating group) is 1. The quantitative estimate of drug-likeness (QED) is 0.881. The van der Waals surface area contributed by atoms with E-state index in [1.807, 2.05) is 19.2 Å². The third kappa shape index (κ3) is 2.19. The molecule has 1 aromatic rings. The van der Waals surface area contributed by atoms with Crippen molar-refractivity contribution in [1.82, 2.24) is 10.2 Å². The molecule has 1 fully saturated rings. The molecule has 2 atom stereocenters. The summed E-state index contributed by atoms with van der Waals surface area (Å²) in [7, 11) is 5.88. The molecule has 3 rings (SSSR count). The van der Waals surface area contributed by atoms with Gasteiger partial charge in [-0.05, 0) is 32.3 Å². The normalized spacial score (nSPS) is 30.2. The minimum Gasteiger partial charge on any atom is -0.497 e.